The molecule has 19 heavy (non-hydrogen) atoms. The van der Waals surface area contributed by atoms with E-state index >= 15 is 0 Å². The number of hydrogen-bond acceptors (Lipinski definition) is 2. The second-order valence-electron chi connectivity index (χ2n) is 6.37. The first-order chi connectivity index (χ1) is 8.99. The van der Waals surface area contributed by atoms with Crippen molar-refractivity contribution >= 4 is 5.91 Å². The highest BCUT2D eigenvalue weighted by Gasteiger charge is 2.30. The van der Waals surface area contributed by atoms with Crippen molar-refractivity contribution in [3.63, 3.8) is 0 Å². The fourth-order valence-electron chi connectivity index (χ4n) is 3.09. The van der Waals surface area contributed by atoms with Gasteiger partial charge in [-0.25, -0.2) is 0 Å². The van der Waals surface area contributed by atoms with Crippen molar-refractivity contribution in [3.8, 4) is 0 Å². The Labute approximate surface area is 118 Å². The van der Waals surface area contributed by atoms with Gasteiger partial charge in [-0.05, 0) is 38.0 Å². The van der Waals surface area contributed by atoms with Gasteiger partial charge in [0, 0.05) is 25.0 Å². The molecule has 3 heteroatoms. The van der Waals surface area contributed by atoms with Gasteiger partial charge in [-0.3, -0.25) is 4.79 Å². The average molecular weight is 268 g/mol. The summed E-state index contributed by atoms with van der Waals surface area (Å²) in [7, 11) is 0. The summed E-state index contributed by atoms with van der Waals surface area (Å²) in [6.45, 7) is 10.3. The summed E-state index contributed by atoms with van der Waals surface area (Å²) < 4.78 is 0. The van der Waals surface area contributed by atoms with Crippen molar-refractivity contribution in [1.29, 1.82) is 0 Å². The first kappa shape index (κ1) is 16.5. The molecule has 0 heterocycles. The molecule has 2 N–H and O–H groups in total. The van der Waals surface area contributed by atoms with E-state index in [1.807, 2.05) is 4.90 Å². The van der Waals surface area contributed by atoms with Crippen LogP contribution in [0, 0.1) is 17.8 Å². The fraction of sp³-hybridized carbons (Fsp3) is 0.938. The SMILES string of the molecule is CCC(C)CN(CC)C(=O)C(C)C1CCCC(N)C1. The smallest absolute Gasteiger partial charge is 0.225 e. The van der Waals surface area contributed by atoms with Gasteiger partial charge >= 0.3 is 0 Å². The molecule has 0 aromatic rings. The van der Waals surface area contributed by atoms with Gasteiger partial charge in [0.05, 0.1) is 0 Å². The molecule has 0 aliphatic heterocycles. The summed E-state index contributed by atoms with van der Waals surface area (Å²) in [5.74, 6) is 1.55. The van der Waals surface area contributed by atoms with Crippen LogP contribution in [-0.4, -0.2) is 29.9 Å². The first-order valence-electron chi connectivity index (χ1n) is 8.03. The molecule has 1 saturated carbocycles. The normalized spacial score (nSPS) is 26.8. The number of carbonyl (C=O) groups is 1. The lowest BCUT2D eigenvalue weighted by atomic mass is 9.78. The highest BCUT2D eigenvalue weighted by atomic mass is 16.2. The van der Waals surface area contributed by atoms with E-state index in [1.54, 1.807) is 0 Å². The number of nitrogens with two attached hydrogens (primary N) is 1. The third-order valence-electron chi connectivity index (χ3n) is 4.77. The summed E-state index contributed by atoms with van der Waals surface area (Å²) in [4.78, 5) is 14.7. The van der Waals surface area contributed by atoms with Crippen LogP contribution in [0.25, 0.3) is 0 Å². The van der Waals surface area contributed by atoms with Crippen molar-refractivity contribution in [2.24, 2.45) is 23.5 Å². The van der Waals surface area contributed by atoms with Crippen LogP contribution in [0.5, 0.6) is 0 Å². The molecule has 0 bridgehead atoms. The van der Waals surface area contributed by atoms with Crippen LogP contribution >= 0.6 is 0 Å². The van der Waals surface area contributed by atoms with Gasteiger partial charge in [0.1, 0.15) is 0 Å². The van der Waals surface area contributed by atoms with Crippen LogP contribution in [0.2, 0.25) is 0 Å². The minimum atomic E-state index is 0.135. The van der Waals surface area contributed by atoms with Crippen LogP contribution in [0.1, 0.15) is 59.8 Å². The monoisotopic (exact) mass is 268 g/mol. The molecule has 0 spiro atoms. The molecule has 0 aromatic carbocycles. The van der Waals surface area contributed by atoms with Gasteiger partial charge in [-0.1, -0.05) is 33.6 Å². The molecule has 1 rings (SSSR count). The summed E-state index contributed by atoms with van der Waals surface area (Å²) in [6, 6.07) is 0.304. The third kappa shape index (κ3) is 4.79. The largest absolute Gasteiger partial charge is 0.342 e. The van der Waals surface area contributed by atoms with Crippen LogP contribution in [0.3, 0.4) is 0 Å². The predicted molar refractivity (Wildman–Crippen MR) is 80.8 cm³/mol. The molecule has 4 unspecified atom stereocenters. The fourth-order valence-corrected chi connectivity index (χ4v) is 3.09. The van der Waals surface area contributed by atoms with E-state index in [2.05, 4.69) is 27.7 Å². The molecular formula is C16H32N2O. The summed E-state index contributed by atoms with van der Waals surface area (Å²) in [5, 5.41) is 0. The van der Waals surface area contributed by atoms with Crippen molar-refractivity contribution in [3.05, 3.63) is 0 Å². The highest BCUT2D eigenvalue weighted by Crippen LogP contribution is 2.30. The highest BCUT2D eigenvalue weighted by molar-refractivity contribution is 5.78. The van der Waals surface area contributed by atoms with E-state index in [0.717, 1.165) is 32.4 Å². The molecule has 0 aromatic heterocycles. The topological polar surface area (TPSA) is 46.3 Å². The van der Waals surface area contributed by atoms with E-state index < -0.39 is 0 Å². The van der Waals surface area contributed by atoms with E-state index in [1.165, 1.54) is 12.8 Å². The Balaban J connectivity index is 2.57. The predicted octanol–water partition coefficient (Wildman–Crippen LogP) is 3.03. The Morgan fingerprint density at radius 2 is 2.00 bits per heavy atom. The quantitative estimate of drug-likeness (QED) is 0.805. The zero-order valence-electron chi connectivity index (χ0n) is 13.2. The number of amides is 1. The van der Waals surface area contributed by atoms with Gasteiger partial charge in [0.25, 0.3) is 0 Å². The second kappa shape index (κ2) is 7.88. The summed E-state index contributed by atoms with van der Waals surface area (Å²) in [6.07, 6.45) is 5.63. The van der Waals surface area contributed by atoms with E-state index in [-0.39, 0.29) is 5.92 Å². The molecule has 0 radical (unpaired) electrons. The van der Waals surface area contributed by atoms with Crippen molar-refractivity contribution < 1.29 is 4.79 Å². The molecule has 1 amide bonds. The maximum absolute atomic E-state index is 12.6. The maximum atomic E-state index is 12.6. The molecule has 3 nitrogen and oxygen atoms in total. The zero-order valence-corrected chi connectivity index (χ0v) is 13.2. The van der Waals surface area contributed by atoms with Gasteiger partial charge in [-0.2, -0.15) is 0 Å². The zero-order chi connectivity index (χ0) is 14.4. The van der Waals surface area contributed by atoms with Gasteiger partial charge in [0.15, 0.2) is 0 Å². The second-order valence-corrected chi connectivity index (χ2v) is 6.37. The van der Waals surface area contributed by atoms with E-state index in [4.69, 9.17) is 5.73 Å². The molecule has 1 fully saturated rings. The van der Waals surface area contributed by atoms with E-state index in [0.29, 0.717) is 23.8 Å². The van der Waals surface area contributed by atoms with Gasteiger partial charge < -0.3 is 10.6 Å². The van der Waals surface area contributed by atoms with Crippen molar-refractivity contribution in [1.82, 2.24) is 4.90 Å². The minimum Gasteiger partial charge on any atom is -0.342 e. The Morgan fingerprint density at radius 1 is 1.32 bits per heavy atom. The number of rotatable bonds is 6. The number of carbonyl (C=O) groups excluding carboxylic acids is 1. The van der Waals surface area contributed by atoms with Crippen LogP contribution in [0.4, 0.5) is 0 Å². The first-order valence-corrected chi connectivity index (χ1v) is 8.03. The van der Waals surface area contributed by atoms with Crippen molar-refractivity contribution in [2.75, 3.05) is 13.1 Å². The Kier molecular flexibility index (Phi) is 6.84. The van der Waals surface area contributed by atoms with E-state index in [9.17, 15) is 4.79 Å². The lowest BCUT2D eigenvalue weighted by Crippen LogP contribution is -2.42. The Morgan fingerprint density at radius 3 is 2.53 bits per heavy atom. The molecule has 1 aliphatic carbocycles. The van der Waals surface area contributed by atoms with Crippen LogP contribution in [-0.2, 0) is 4.79 Å². The summed E-state index contributed by atoms with van der Waals surface area (Å²) in [5.41, 5.74) is 6.05. The minimum absolute atomic E-state index is 0.135. The average Bonchev–Trinajstić information content (AvgIpc) is 2.42. The number of hydrogen-bond donors (Lipinski definition) is 1. The maximum Gasteiger partial charge on any atom is 0.225 e. The molecule has 1 aliphatic rings. The lowest BCUT2D eigenvalue weighted by Gasteiger charge is -2.34. The van der Waals surface area contributed by atoms with Crippen LogP contribution < -0.4 is 5.73 Å². The van der Waals surface area contributed by atoms with Gasteiger partial charge in [-0.15, -0.1) is 0 Å². The van der Waals surface area contributed by atoms with Gasteiger partial charge in [0.2, 0.25) is 5.91 Å². The third-order valence-corrected chi connectivity index (χ3v) is 4.77. The lowest BCUT2D eigenvalue weighted by molar-refractivity contribution is -0.137. The molecule has 112 valence electrons. The summed E-state index contributed by atoms with van der Waals surface area (Å²) >= 11 is 0. The molecular weight excluding hydrogens is 236 g/mol. The Hall–Kier alpha value is -0.570. The Bertz CT molecular complexity index is 280. The number of nitrogens with zero attached hydrogens (tertiary/aromatic N) is 1. The standard InChI is InChI=1S/C16H32N2O/c1-5-12(3)11-18(6-2)16(19)13(4)14-8-7-9-15(17)10-14/h12-15H,5-11,17H2,1-4H3. The van der Waals surface area contributed by atoms with Crippen LogP contribution in [0.15, 0.2) is 0 Å². The molecule has 0 saturated heterocycles. The molecule has 4 atom stereocenters. The van der Waals surface area contributed by atoms with Crippen molar-refractivity contribution in [2.45, 2.75) is 65.8 Å².